The molecule has 1 aliphatic carbocycles. The third-order valence-electron chi connectivity index (χ3n) is 4.81. The van der Waals surface area contributed by atoms with Crippen molar-refractivity contribution in [1.29, 1.82) is 0 Å². The topological polar surface area (TPSA) is 32.3 Å². The monoisotopic (exact) mass is 275 g/mol. The van der Waals surface area contributed by atoms with Crippen LogP contribution >= 0.6 is 0 Å². The van der Waals surface area contributed by atoms with Crippen molar-refractivity contribution in [3.63, 3.8) is 0 Å². The van der Waals surface area contributed by atoms with Crippen molar-refractivity contribution in [2.24, 2.45) is 5.92 Å². The van der Waals surface area contributed by atoms with Crippen molar-refractivity contribution in [1.82, 2.24) is 5.32 Å². The number of nitrogens with one attached hydrogen (secondary N) is 1. The van der Waals surface area contributed by atoms with Gasteiger partial charge in [-0.15, -0.1) is 0 Å². The molecule has 1 saturated carbocycles. The van der Waals surface area contributed by atoms with Gasteiger partial charge in [0.15, 0.2) is 0 Å². The Labute approximate surface area is 123 Å². The van der Waals surface area contributed by atoms with Crippen LogP contribution in [0.1, 0.15) is 55.7 Å². The van der Waals surface area contributed by atoms with Crippen LogP contribution in [0, 0.1) is 19.8 Å². The molecule has 112 valence electrons. The highest BCUT2D eigenvalue weighted by atomic mass is 16.3. The molecule has 0 bridgehead atoms. The molecule has 1 aliphatic rings. The molecular formula is C18H29NO. The van der Waals surface area contributed by atoms with Gasteiger partial charge in [0.2, 0.25) is 0 Å². The molecule has 1 aromatic rings. The van der Waals surface area contributed by atoms with E-state index in [0.29, 0.717) is 5.92 Å². The number of rotatable bonds is 5. The van der Waals surface area contributed by atoms with Crippen LogP contribution in [-0.2, 0) is 6.54 Å². The molecule has 2 heteroatoms. The minimum Gasteiger partial charge on any atom is -0.394 e. The third kappa shape index (κ3) is 3.83. The van der Waals surface area contributed by atoms with Crippen LogP contribution in [0.25, 0.3) is 0 Å². The van der Waals surface area contributed by atoms with Crippen LogP contribution in [0.5, 0.6) is 0 Å². The first-order chi connectivity index (χ1) is 9.53. The molecule has 0 saturated heterocycles. The zero-order valence-corrected chi connectivity index (χ0v) is 13.2. The lowest BCUT2D eigenvalue weighted by Crippen LogP contribution is -2.52. The van der Waals surface area contributed by atoms with Gasteiger partial charge in [-0.3, -0.25) is 0 Å². The van der Waals surface area contributed by atoms with Crippen LogP contribution in [0.4, 0.5) is 0 Å². The summed E-state index contributed by atoms with van der Waals surface area (Å²) in [6.07, 6.45) is 6.47. The molecule has 2 nitrogen and oxygen atoms in total. The molecule has 0 amide bonds. The van der Waals surface area contributed by atoms with E-state index in [1.54, 1.807) is 0 Å². The normalized spacial score (nSPS) is 19.8. The van der Waals surface area contributed by atoms with E-state index in [2.05, 4.69) is 44.3 Å². The fourth-order valence-corrected chi connectivity index (χ4v) is 3.54. The highest BCUT2D eigenvalue weighted by Crippen LogP contribution is 2.32. The second-order valence-electron chi connectivity index (χ2n) is 6.76. The lowest BCUT2D eigenvalue weighted by Gasteiger charge is -2.39. The SMILES string of the molecule is Cc1cc(C)cc(CN[C@@](C)(CO)C2CCCCC2)c1. The van der Waals surface area contributed by atoms with Crippen LogP contribution in [0.2, 0.25) is 0 Å². The molecule has 0 heterocycles. The first kappa shape index (κ1) is 15.5. The highest BCUT2D eigenvalue weighted by molar-refractivity contribution is 5.28. The largest absolute Gasteiger partial charge is 0.394 e. The lowest BCUT2D eigenvalue weighted by molar-refractivity contribution is 0.0937. The van der Waals surface area contributed by atoms with Gasteiger partial charge in [-0.2, -0.15) is 0 Å². The van der Waals surface area contributed by atoms with Gasteiger partial charge in [-0.25, -0.2) is 0 Å². The molecule has 0 aliphatic heterocycles. The summed E-state index contributed by atoms with van der Waals surface area (Å²) in [4.78, 5) is 0. The minimum atomic E-state index is -0.141. The minimum absolute atomic E-state index is 0.141. The van der Waals surface area contributed by atoms with Gasteiger partial charge in [0.25, 0.3) is 0 Å². The van der Waals surface area contributed by atoms with Gasteiger partial charge in [-0.1, -0.05) is 48.6 Å². The van der Waals surface area contributed by atoms with Crippen molar-refractivity contribution in [2.45, 2.75) is 65.0 Å². The van der Waals surface area contributed by atoms with E-state index in [-0.39, 0.29) is 12.1 Å². The van der Waals surface area contributed by atoms with Crippen LogP contribution in [0.15, 0.2) is 18.2 Å². The number of aryl methyl sites for hydroxylation is 2. The van der Waals surface area contributed by atoms with Crippen molar-refractivity contribution in [2.75, 3.05) is 6.61 Å². The van der Waals surface area contributed by atoms with Gasteiger partial charge in [0.05, 0.1) is 6.61 Å². The second kappa shape index (κ2) is 6.73. The molecule has 20 heavy (non-hydrogen) atoms. The maximum Gasteiger partial charge on any atom is 0.0613 e. The Bertz CT molecular complexity index is 417. The summed E-state index contributed by atoms with van der Waals surface area (Å²) < 4.78 is 0. The average molecular weight is 275 g/mol. The third-order valence-corrected chi connectivity index (χ3v) is 4.81. The van der Waals surface area contributed by atoms with Crippen LogP contribution < -0.4 is 5.32 Å². The van der Waals surface area contributed by atoms with Gasteiger partial charge in [0.1, 0.15) is 0 Å². The molecule has 1 atom stereocenters. The number of hydrogen-bond donors (Lipinski definition) is 2. The number of aliphatic hydroxyl groups excluding tert-OH is 1. The van der Waals surface area contributed by atoms with E-state index in [9.17, 15) is 5.11 Å². The lowest BCUT2D eigenvalue weighted by atomic mass is 9.76. The Kier molecular flexibility index (Phi) is 5.22. The molecule has 1 aromatic carbocycles. The predicted molar refractivity (Wildman–Crippen MR) is 84.8 cm³/mol. The Morgan fingerprint density at radius 3 is 2.25 bits per heavy atom. The summed E-state index contributed by atoms with van der Waals surface area (Å²) >= 11 is 0. The number of benzene rings is 1. The second-order valence-corrected chi connectivity index (χ2v) is 6.76. The Morgan fingerprint density at radius 1 is 1.10 bits per heavy atom. The maximum atomic E-state index is 9.86. The first-order valence-corrected chi connectivity index (χ1v) is 7.96. The van der Waals surface area contributed by atoms with Crippen molar-refractivity contribution >= 4 is 0 Å². The molecule has 2 rings (SSSR count). The summed E-state index contributed by atoms with van der Waals surface area (Å²) in [5.41, 5.74) is 3.80. The van der Waals surface area contributed by atoms with E-state index in [1.165, 1.54) is 48.8 Å². The Hall–Kier alpha value is -0.860. The van der Waals surface area contributed by atoms with Gasteiger partial charge < -0.3 is 10.4 Å². The van der Waals surface area contributed by atoms with Gasteiger partial charge in [0, 0.05) is 12.1 Å². The number of aliphatic hydroxyl groups is 1. The van der Waals surface area contributed by atoms with E-state index in [4.69, 9.17) is 0 Å². The van der Waals surface area contributed by atoms with Crippen molar-refractivity contribution in [3.8, 4) is 0 Å². The Balaban J connectivity index is 2.02. The fourth-order valence-electron chi connectivity index (χ4n) is 3.54. The molecule has 2 N–H and O–H groups in total. The van der Waals surface area contributed by atoms with Crippen LogP contribution in [0.3, 0.4) is 0 Å². The Morgan fingerprint density at radius 2 is 1.70 bits per heavy atom. The number of hydrogen-bond acceptors (Lipinski definition) is 2. The van der Waals surface area contributed by atoms with E-state index >= 15 is 0 Å². The molecule has 0 spiro atoms. The van der Waals surface area contributed by atoms with Gasteiger partial charge >= 0.3 is 0 Å². The molecule has 1 fully saturated rings. The average Bonchev–Trinajstić information content (AvgIpc) is 2.45. The van der Waals surface area contributed by atoms with E-state index < -0.39 is 0 Å². The maximum absolute atomic E-state index is 9.86. The summed E-state index contributed by atoms with van der Waals surface area (Å²) in [5.74, 6) is 0.604. The van der Waals surface area contributed by atoms with Crippen molar-refractivity contribution in [3.05, 3.63) is 34.9 Å². The first-order valence-electron chi connectivity index (χ1n) is 7.96. The van der Waals surface area contributed by atoms with Gasteiger partial charge in [-0.05, 0) is 45.1 Å². The smallest absolute Gasteiger partial charge is 0.0613 e. The summed E-state index contributed by atoms with van der Waals surface area (Å²) in [7, 11) is 0. The molecule has 0 aromatic heterocycles. The molecule has 0 radical (unpaired) electrons. The fraction of sp³-hybridized carbons (Fsp3) is 0.667. The van der Waals surface area contributed by atoms with Crippen molar-refractivity contribution < 1.29 is 5.11 Å². The zero-order valence-electron chi connectivity index (χ0n) is 13.2. The van der Waals surface area contributed by atoms with E-state index in [0.717, 1.165) is 6.54 Å². The van der Waals surface area contributed by atoms with E-state index in [1.807, 2.05) is 0 Å². The summed E-state index contributed by atoms with van der Waals surface area (Å²) in [6.45, 7) is 7.54. The summed E-state index contributed by atoms with van der Waals surface area (Å²) in [6, 6.07) is 6.67. The highest BCUT2D eigenvalue weighted by Gasteiger charge is 2.33. The quantitative estimate of drug-likeness (QED) is 0.858. The summed E-state index contributed by atoms with van der Waals surface area (Å²) in [5, 5.41) is 13.5. The standard InChI is InChI=1S/C18H29NO/c1-14-9-15(2)11-16(10-14)12-19-18(3,13-20)17-7-5-4-6-8-17/h9-11,17,19-20H,4-8,12-13H2,1-3H3/t18-/m0/s1. The molecule has 0 unspecified atom stereocenters. The zero-order chi connectivity index (χ0) is 14.6. The predicted octanol–water partition coefficient (Wildman–Crippen LogP) is 3.72. The molecular weight excluding hydrogens is 246 g/mol. The van der Waals surface area contributed by atoms with Crippen LogP contribution in [-0.4, -0.2) is 17.3 Å².